The van der Waals surface area contributed by atoms with Crippen molar-refractivity contribution in [1.82, 2.24) is 0 Å². The topological polar surface area (TPSA) is 49.3 Å². The van der Waals surface area contributed by atoms with Gasteiger partial charge in [-0.2, -0.15) is 0 Å². The van der Waals surface area contributed by atoms with Gasteiger partial charge in [0.25, 0.3) is 0 Å². The lowest BCUT2D eigenvalue weighted by Crippen LogP contribution is -2.27. The summed E-state index contributed by atoms with van der Waals surface area (Å²) < 4.78 is 0. The van der Waals surface area contributed by atoms with E-state index in [1.54, 1.807) is 0 Å². The number of hydrogen-bond acceptors (Lipinski definition) is 2. The molecule has 1 atom stereocenters. The summed E-state index contributed by atoms with van der Waals surface area (Å²) in [7, 11) is 0. The van der Waals surface area contributed by atoms with Crippen LogP contribution in [0.2, 0.25) is 0 Å². The standard InChI is InChI=1S/C14H19NO2/c1-8(2)12(16)9-5-6-11-10(7-9)14(3,4)13(17)15-11/h5-8,12,16H,1-4H3,(H,15,17). The van der Waals surface area contributed by atoms with Crippen molar-refractivity contribution in [3.8, 4) is 0 Å². The van der Waals surface area contributed by atoms with E-state index < -0.39 is 11.5 Å². The minimum absolute atomic E-state index is 0.0173. The van der Waals surface area contributed by atoms with Gasteiger partial charge >= 0.3 is 0 Å². The molecule has 3 nitrogen and oxygen atoms in total. The number of carbonyl (C=O) groups is 1. The molecule has 0 radical (unpaired) electrons. The fraction of sp³-hybridized carbons (Fsp3) is 0.500. The van der Waals surface area contributed by atoms with Crippen molar-refractivity contribution in [1.29, 1.82) is 0 Å². The fourth-order valence-electron chi connectivity index (χ4n) is 2.16. The van der Waals surface area contributed by atoms with Gasteiger partial charge in [0.15, 0.2) is 0 Å². The molecule has 1 aromatic carbocycles. The third-order valence-corrected chi connectivity index (χ3v) is 3.51. The first kappa shape index (κ1) is 12.1. The van der Waals surface area contributed by atoms with E-state index in [1.165, 1.54) is 0 Å². The van der Waals surface area contributed by atoms with Gasteiger partial charge < -0.3 is 10.4 Å². The summed E-state index contributed by atoms with van der Waals surface area (Å²) in [5, 5.41) is 12.9. The second kappa shape index (κ2) is 3.84. The number of fused-ring (bicyclic) bond motifs is 1. The van der Waals surface area contributed by atoms with Crippen molar-refractivity contribution in [2.75, 3.05) is 5.32 Å². The number of benzene rings is 1. The van der Waals surface area contributed by atoms with E-state index in [0.29, 0.717) is 0 Å². The first-order valence-corrected chi connectivity index (χ1v) is 5.98. The van der Waals surface area contributed by atoms with E-state index in [1.807, 2.05) is 45.9 Å². The van der Waals surface area contributed by atoms with Crippen LogP contribution in [-0.4, -0.2) is 11.0 Å². The summed E-state index contributed by atoms with van der Waals surface area (Å²) in [5.41, 5.74) is 2.20. The van der Waals surface area contributed by atoms with Crippen LogP contribution in [0.1, 0.15) is 44.9 Å². The molecule has 0 aliphatic carbocycles. The van der Waals surface area contributed by atoms with Crippen LogP contribution in [0.3, 0.4) is 0 Å². The zero-order chi connectivity index (χ0) is 12.8. The molecule has 1 aliphatic rings. The number of hydrogen-bond donors (Lipinski definition) is 2. The number of nitrogens with one attached hydrogen (secondary N) is 1. The first-order valence-electron chi connectivity index (χ1n) is 5.98. The predicted molar refractivity (Wildman–Crippen MR) is 67.9 cm³/mol. The van der Waals surface area contributed by atoms with Crippen LogP contribution in [0, 0.1) is 5.92 Å². The average molecular weight is 233 g/mol. The molecule has 0 bridgehead atoms. The Morgan fingerprint density at radius 3 is 2.53 bits per heavy atom. The Kier molecular flexibility index (Phi) is 2.74. The zero-order valence-corrected chi connectivity index (χ0v) is 10.7. The highest BCUT2D eigenvalue weighted by molar-refractivity contribution is 6.05. The Morgan fingerprint density at radius 2 is 1.94 bits per heavy atom. The highest BCUT2D eigenvalue weighted by Gasteiger charge is 2.38. The van der Waals surface area contributed by atoms with E-state index in [4.69, 9.17) is 0 Å². The lowest BCUT2D eigenvalue weighted by Gasteiger charge is -2.19. The van der Waals surface area contributed by atoms with E-state index in [0.717, 1.165) is 16.8 Å². The van der Waals surface area contributed by atoms with Gasteiger partial charge in [0, 0.05) is 5.69 Å². The minimum Gasteiger partial charge on any atom is -0.388 e. The number of amides is 1. The Balaban J connectivity index is 2.46. The number of rotatable bonds is 2. The molecular weight excluding hydrogens is 214 g/mol. The number of aliphatic hydroxyl groups excluding tert-OH is 1. The highest BCUT2D eigenvalue weighted by atomic mass is 16.3. The maximum absolute atomic E-state index is 11.8. The van der Waals surface area contributed by atoms with Gasteiger partial charge in [-0.05, 0) is 37.0 Å². The Hall–Kier alpha value is -1.35. The lowest BCUT2D eigenvalue weighted by molar-refractivity contribution is -0.119. The molecule has 1 unspecified atom stereocenters. The molecule has 0 saturated heterocycles. The van der Waals surface area contributed by atoms with Gasteiger partial charge in [-0.3, -0.25) is 4.79 Å². The molecule has 2 rings (SSSR count). The molecule has 3 heteroatoms. The summed E-state index contributed by atoms with van der Waals surface area (Å²) in [6.07, 6.45) is -0.480. The number of anilines is 1. The van der Waals surface area contributed by atoms with Crippen LogP contribution < -0.4 is 5.32 Å². The minimum atomic E-state index is -0.512. The van der Waals surface area contributed by atoms with E-state index >= 15 is 0 Å². The first-order chi connectivity index (χ1) is 7.84. The average Bonchev–Trinajstić information content (AvgIpc) is 2.49. The highest BCUT2D eigenvalue weighted by Crippen LogP contribution is 2.39. The molecule has 1 aromatic rings. The van der Waals surface area contributed by atoms with Crippen LogP contribution in [0.15, 0.2) is 18.2 Å². The smallest absolute Gasteiger partial charge is 0.234 e. The summed E-state index contributed by atoms with van der Waals surface area (Å²) >= 11 is 0. The van der Waals surface area contributed by atoms with Crippen LogP contribution in [0.4, 0.5) is 5.69 Å². The Bertz CT molecular complexity index is 463. The summed E-state index contributed by atoms with van der Waals surface area (Å²) in [6, 6.07) is 5.70. The van der Waals surface area contributed by atoms with E-state index in [9.17, 15) is 9.90 Å². The second-order valence-corrected chi connectivity index (χ2v) is 5.57. The molecule has 0 saturated carbocycles. The van der Waals surface area contributed by atoms with Crippen LogP contribution in [0.5, 0.6) is 0 Å². The third-order valence-electron chi connectivity index (χ3n) is 3.51. The molecule has 1 heterocycles. The Labute approximate surface area is 102 Å². The number of aliphatic hydroxyl groups is 1. The van der Waals surface area contributed by atoms with Crippen molar-refractivity contribution in [2.45, 2.75) is 39.2 Å². The van der Waals surface area contributed by atoms with Crippen molar-refractivity contribution < 1.29 is 9.90 Å². The second-order valence-electron chi connectivity index (χ2n) is 5.57. The molecule has 1 amide bonds. The summed E-state index contributed by atoms with van der Waals surface area (Å²) in [6.45, 7) is 7.76. The molecule has 0 spiro atoms. The SMILES string of the molecule is CC(C)C(O)c1ccc2c(c1)C(C)(C)C(=O)N2. The molecule has 0 aromatic heterocycles. The fourth-order valence-corrected chi connectivity index (χ4v) is 2.16. The maximum Gasteiger partial charge on any atom is 0.234 e. The van der Waals surface area contributed by atoms with Crippen LogP contribution >= 0.6 is 0 Å². The monoisotopic (exact) mass is 233 g/mol. The van der Waals surface area contributed by atoms with Crippen LogP contribution in [0.25, 0.3) is 0 Å². The van der Waals surface area contributed by atoms with Gasteiger partial charge in [0.2, 0.25) is 5.91 Å². The molecule has 92 valence electrons. The zero-order valence-electron chi connectivity index (χ0n) is 10.7. The third kappa shape index (κ3) is 1.84. The van der Waals surface area contributed by atoms with Gasteiger partial charge in [0.05, 0.1) is 11.5 Å². The van der Waals surface area contributed by atoms with Crippen molar-refractivity contribution in [2.24, 2.45) is 5.92 Å². The van der Waals surface area contributed by atoms with Gasteiger partial charge in [-0.25, -0.2) is 0 Å². The maximum atomic E-state index is 11.8. The molecular formula is C14H19NO2. The molecule has 2 N–H and O–H groups in total. The summed E-state index contributed by atoms with van der Waals surface area (Å²) in [5.74, 6) is 0.185. The van der Waals surface area contributed by atoms with Crippen molar-refractivity contribution in [3.05, 3.63) is 29.3 Å². The van der Waals surface area contributed by atoms with Crippen LogP contribution in [-0.2, 0) is 10.2 Å². The normalized spacial score (nSPS) is 19.1. The van der Waals surface area contributed by atoms with Gasteiger partial charge in [-0.1, -0.05) is 26.0 Å². The lowest BCUT2D eigenvalue weighted by atomic mass is 9.84. The van der Waals surface area contributed by atoms with Crippen molar-refractivity contribution in [3.63, 3.8) is 0 Å². The summed E-state index contributed by atoms with van der Waals surface area (Å²) in [4.78, 5) is 11.8. The Morgan fingerprint density at radius 1 is 1.29 bits per heavy atom. The van der Waals surface area contributed by atoms with E-state index in [-0.39, 0.29) is 11.8 Å². The quantitative estimate of drug-likeness (QED) is 0.825. The van der Waals surface area contributed by atoms with E-state index in [2.05, 4.69) is 5.32 Å². The van der Waals surface area contributed by atoms with Crippen molar-refractivity contribution >= 4 is 11.6 Å². The molecule has 17 heavy (non-hydrogen) atoms. The number of carbonyl (C=O) groups excluding carboxylic acids is 1. The largest absolute Gasteiger partial charge is 0.388 e. The predicted octanol–water partition coefficient (Wildman–Crippen LogP) is 2.61. The molecule has 1 aliphatic heterocycles. The van der Waals surface area contributed by atoms with Gasteiger partial charge in [0.1, 0.15) is 0 Å². The van der Waals surface area contributed by atoms with Gasteiger partial charge in [-0.15, -0.1) is 0 Å². The molecule has 0 fully saturated rings.